The molecule has 21 heavy (non-hydrogen) atoms. The number of aryl methyl sites for hydroxylation is 1. The summed E-state index contributed by atoms with van der Waals surface area (Å²) >= 11 is 0. The van der Waals surface area contributed by atoms with Gasteiger partial charge in [0.2, 0.25) is 0 Å². The quantitative estimate of drug-likeness (QED) is 0.819. The summed E-state index contributed by atoms with van der Waals surface area (Å²) in [6.45, 7) is 1.76. The van der Waals surface area contributed by atoms with Gasteiger partial charge >= 0.3 is 6.03 Å². The Morgan fingerprint density at radius 2 is 2.19 bits per heavy atom. The number of nitrogens with one attached hydrogen (secondary N) is 1. The second kappa shape index (κ2) is 8.62. The molecule has 1 aromatic rings. The van der Waals surface area contributed by atoms with Crippen molar-refractivity contribution in [2.75, 3.05) is 32.9 Å². The van der Waals surface area contributed by atoms with Crippen LogP contribution in [0.25, 0.3) is 0 Å². The molecule has 0 aliphatic carbocycles. The molecule has 1 aromatic carbocycles. The number of urea groups is 1. The first kappa shape index (κ1) is 15.8. The first-order valence-electron chi connectivity index (χ1n) is 7.54. The van der Waals surface area contributed by atoms with E-state index in [1.165, 1.54) is 5.56 Å². The highest BCUT2D eigenvalue weighted by atomic mass is 19.1. The van der Waals surface area contributed by atoms with Crippen molar-refractivity contribution in [2.45, 2.75) is 25.4 Å². The summed E-state index contributed by atoms with van der Waals surface area (Å²) in [5.74, 6) is 0. The Labute approximate surface area is 125 Å². The number of amides is 2. The van der Waals surface area contributed by atoms with E-state index in [2.05, 4.69) is 17.4 Å². The van der Waals surface area contributed by atoms with Gasteiger partial charge in [0, 0.05) is 19.6 Å². The average molecular weight is 294 g/mol. The summed E-state index contributed by atoms with van der Waals surface area (Å²) in [7, 11) is 0. The molecule has 0 saturated carbocycles. The molecule has 0 radical (unpaired) electrons. The second-order valence-corrected chi connectivity index (χ2v) is 5.24. The molecular weight excluding hydrogens is 271 g/mol. The molecule has 1 fully saturated rings. The molecule has 4 nitrogen and oxygen atoms in total. The van der Waals surface area contributed by atoms with Crippen molar-refractivity contribution >= 4 is 6.03 Å². The van der Waals surface area contributed by atoms with Crippen molar-refractivity contribution in [1.82, 2.24) is 10.2 Å². The first-order chi connectivity index (χ1) is 10.3. The third-order valence-electron chi connectivity index (χ3n) is 3.61. The Hall–Kier alpha value is -1.62. The van der Waals surface area contributed by atoms with E-state index in [1.807, 2.05) is 18.2 Å². The lowest BCUT2D eigenvalue weighted by atomic mass is 10.1. The van der Waals surface area contributed by atoms with Crippen LogP contribution in [0.5, 0.6) is 0 Å². The van der Waals surface area contributed by atoms with Crippen LogP contribution in [0.4, 0.5) is 9.18 Å². The number of nitrogens with zero attached hydrogens (tertiary/aromatic N) is 1. The zero-order valence-electron chi connectivity index (χ0n) is 12.3. The van der Waals surface area contributed by atoms with Crippen molar-refractivity contribution in [2.24, 2.45) is 0 Å². The lowest BCUT2D eigenvalue weighted by Crippen LogP contribution is -2.49. The summed E-state index contributed by atoms with van der Waals surface area (Å²) in [6, 6.07) is 10.2. The Kier molecular flexibility index (Phi) is 6.47. The molecule has 116 valence electrons. The van der Waals surface area contributed by atoms with E-state index in [0.29, 0.717) is 32.7 Å². The van der Waals surface area contributed by atoms with Crippen molar-refractivity contribution < 1.29 is 13.9 Å². The van der Waals surface area contributed by atoms with Crippen LogP contribution in [0.2, 0.25) is 0 Å². The molecule has 0 bridgehead atoms. The van der Waals surface area contributed by atoms with Crippen molar-refractivity contribution in [3.8, 4) is 0 Å². The molecule has 1 aliphatic heterocycles. The normalized spacial score (nSPS) is 18.5. The van der Waals surface area contributed by atoms with E-state index in [4.69, 9.17) is 4.74 Å². The van der Waals surface area contributed by atoms with Crippen LogP contribution >= 0.6 is 0 Å². The van der Waals surface area contributed by atoms with Crippen LogP contribution in [-0.2, 0) is 11.2 Å². The van der Waals surface area contributed by atoms with Crippen molar-refractivity contribution in [3.05, 3.63) is 35.9 Å². The summed E-state index contributed by atoms with van der Waals surface area (Å²) in [5.41, 5.74) is 1.28. The lowest BCUT2D eigenvalue weighted by Gasteiger charge is -2.33. The Balaban J connectivity index is 1.74. The summed E-state index contributed by atoms with van der Waals surface area (Å²) < 4.78 is 17.7. The van der Waals surface area contributed by atoms with Crippen LogP contribution in [0.3, 0.4) is 0 Å². The molecule has 1 saturated heterocycles. The van der Waals surface area contributed by atoms with Crippen LogP contribution in [0.1, 0.15) is 18.4 Å². The molecule has 0 aromatic heterocycles. The standard InChI is InChI=1S/C16H23FN2O2/c17-9-4-10-18-16(20)19-11-12-21-15(13-19)8-7-14-5-2-1-3-6-14/h1-3,5-6,15H,4,7-13H2,(H,18,20)/t15-/m1/s1. The number of rotatable bonds is 6. The third-order valence-corrected chi connectivity index (χ3v) is 3.61. The van der Waals surface area contributed by atoms with E-state index in [9.17, 15) is 9.18 Å². The number of benzene rings is 1. The SMILES string of the molecule is O=C(NCCCF)N1CCO[C@H](CCc2ccccc2)C1. The van der Waals surface area contributed by atoms with E-state index >= 15 is 0 Å². The summed E-state index contributed by atoms with van der Waals surface area (Å²) in [5, 5.41) is 2.74. The molecule has 1 atom stereocenters. The number of morpholine rings is 1. The lowest BCUT2D eigenvalue weighted by molar-refractivity contribution is -0.0176. The Morgan fingerprint density at radius 1 is 1.38 bits per heavy atom. The second-order valence-electron chi connectivity index (χ2n) is 5.24. The van der Waals surface area contributed by atoms with Gasteiger partial charge in [-0.2, -0.15) is 0 Å². The number of hydrogen-bond donors (Lipinski definition) is 1. The van der Waals surface area contributed by atoms with Crippen LogP contribution in [0.15, 0.2) is 30.3 Å². The van der Waals surface area contributed by atoms with Gasteiger partial charge in [0.15, 0.2) is 0 Å². The van der Waals surface area contributed by atoms with Gasteiger partial charge < -0.3 is 15.0 Å². The van der Waals surface area contributed by atoms with Gasteiger partial charge in [0.25, 0.3) is 0 Å². The highest BCUT2D eigenvalue weighted by molar-refractivity contribution is 5.74. The minimum atomic E-state index is -0.400. The molecular formula is C16H23FN2O2. The fraction of sp³-hybridized carbons (Fsp3) is 0.562. The third kappa shape index (κ3) is 5.34. The maximum Gasteiger partial charge on any atom is 0.317 e. The number of carbonyl (C=O) groups is 1. The number of ether oxygens (including phenoxy) is 1. The smallest absolute Gasteiger partial charge is 0.317 e. The average Bonchev–Trinajstić information content (AvgIpc) is 2.54. The van der Waals surface area contributed by atoms with E-state index in [0.717, 1.165) is 12.8 Å². The maximum atomic E-state index is 12.0. The highest BCUT2D eigenvalue weighted by Crippen LogP contribution is 2.12. The topological polar surface area (TPSA) is 41.6 Å². The Bertz CT molecular complexity index is 428. The molecule has 2 amide bonds. The van der Waals surface area contributed by atoms with Gasteiger partial charge in [-0.1, -0.05) is 30.3 Å². The molecule has 1 heterocycles. The van der Waals surface area contributed by atoms with E-state index in [-0.39, 0.29) is 12.1 Å². The van der Waals surface area contributed by atoms with Gasteiger partial charge in [-0.25, -0.2) is 4.79 Å². The zero-order valence-corrected chi connectivity index (χ0v) is 12.3. The largest absolute Gasteiger partial charge is 0.375 e. The first-order valence-corrected chi connectivity index (χ1v) is 7.54. The van der Waals surface area contributed by atoms with Crippen molar-refractivity contribution in [3.63, 3.8) is 0 Å². The molecule has 0 spiro atoms. The zero-order chi connectivity index (χ0) is 14.9. The number of carbonyl (C=O) groups excluding carboxylic acids is 1. The number of hydrogen-bond acceptors (Lipinski definition) is 2. The predicted octanol–water partition coefficient (Wildman–Crippen LogP) is 2.39. The van der Waals surface area contributed by atoms with E-state index in [1.54, 1.807) is 4.90 Å². The van der Waals surface area contributed by atoms with Gasteiger partial charge in [-0.15, -0.1) is 0 Å². The number of alkyl halides is 1. The molecule has 1 N–H and O–H groups in total. The van der Waals surface area contributed by atoms with Crippen molar-refractivity contribution in [1.29, 1.82) is 0 Å². The molecule has 0 unspecified atom stereocenters. The number of halogens is 1. The minimum absolute atomic E-state index is 0.0749. The highest BCUT2D eigenvalue weighted by Gasteiger charge is 2.23. The van der Waals surface area contributed by atoms with Crippen LogP contribution < -0.4 is 5.32 Å². The van der Waals surface area contributed by atoms with Gasteiger partial charge in [0.05, 0.1) is 19.4 Å². The monoisotopic (exact) mass is 294 g/mol. The fourth-order valence-corrected chi connectivity index (χ4v) is 2.42. The predicted molar refractivity (Wildman–Crippen MR) is 80.1 cm³/mol. The van der Waals surface area contributed by atoms with Gasteiger partial charge in [0.1, 0.15) is 0 Å². The van der Waals surface area contributed by atoms with E-state index < -0.39 is 6.67 Å². The Morgan fingerprint density at radius 3 is 2.95 bits per heavy atom. The summed E-state index contributed by atoms with van der Waals surface area (Å²) in [6.07, 6.45) is 2.29. The minimum Gasteiger partial charge on any atom is -0.375 e. The molecule has 2 rings (SSSR count). The van der Waals surface area contributed by atoms with Gasteiger partial charge in [-0.05, 0) is 24.8 Å². The van der Waals surface area contributed by atoms with Crippen LogP contribution in [0, 0.1) is 0 Å². The summed E-state index contributed by atoms with van der Waals surface area (Å²) in [4.78, 5) is 13.7. The maximum absolute atomic E-state index is 12.0. The van der Waals surface area contributed by atoms with Gasteiger partial charge in [-0.3, -0.25) is 4.39 Å². The van der Waals surface area contributed by atoms with Crippen LogP contribution in [-0.4, -0.2) is 50.0 Å². The fourth-order valence-electron chi connectivity index (χ4n) is 2.42. The molecule has 1 aliphatic rings. The molecule has 5 heteroatoms.